The van der Waals surface area contributed by atoms with Crippen LogP contribution in [0.3, 0.4) is 0 Å². The summed E-state index contributed by atoms with van der Waals surface area (Å²) in [5.41, 5.74) is 2.89. The van der Waals surface area contributed by atoms with Gasteiger partial charge in [0, 0.05) is 26.2 Å². The molecule has 5 rings (SSSR count). The number of aryl methyl sites for hydroxylation is 2. The third-order valence-electron chi connectivity index (χ3n) is 4.86. The predicted octanol–water partition coefficient (Wildman–Crippen LogP) is 4.38. The Morgan fingerprint density at radius 2 is 1.81 bits per heavy atom. The van der Waals surface area contributed by atoms with Gasteiger partial charge >= 0.3 is 5.97 Å². The quantitative estimate of drug-likeness (QED) is 0.415. The highest BCUT2D eigenvalue weighted by molar-refractivity contribution is 7.99. The van der Waals surface area contributed by atoms with Gasteiger partial charge in [-0.05, 0) is 50.2 Å². The number of rotatable bonds is 3. The van der Waals surface area contributed by atoms with Gasteiger partial charge in [0.05, 0.1) is 11.4 Å². The molecule has 0 bridgehead atoms. The van der Waals surface area contributed by atoms with Crippen LogP contribution in [0.25, 0.3) is 5.78 Å². The molecule has 0 atom stereocenters. The number of benzene rings is 2. The van der Waals surface area contributed by atoms with Crippen LogP contribution < -0.4 is 4.90 Å². The number of ether oxygens (including phenoxy) is 1. The summed E-state index contributed by atoms with van der Waals surface area (Å²) in [6, 6.07) is 14.7. The van der Waals surface area contributed by atoms with Crippen molar-refractivity contribution in [1.82, 2.24) is 19.6 Å². The fourth-order valence-corrected chi connectivity index (χ4v) is 4.71. The standard InChI is InChI=1S/C22H16ClN5O3S/c1-12-9-13(2)28-22(24-12)25-20(26-28)21(30)31-11-19(29)27-15-5-3-4-6-17(15)32-18-8-7-14(23)10-16(18)27/h3-10H,11H2,1-2H3. The van der Waals surface area contributed by atoms with Crippen LogP contribution in [0.5, 0.6) is 0 Å². The molecule has 0 N–H and O–H groups in total. The number of para-hydroxylation sites is 1. The van der Waals surface area contributed by atoms with E-state index in [1.54, 1.807) is 23.9 Å². The van der Waals surface area contributed by atoms with Crippen LogP contribution in [0.4, 0.5) is 11.4 Å². The first-order valence-corrected chi connectivity index (χ1v) is 10.9. The van der Waals surface area contributed by atoms with Gasteiger partial charge < -0.3 is 4.74 Å². The molecule has 32 heavy (non-hydrogen) atoms. The van der Waals surface area contributed by atoms with E-state index < -0.39 is 18.5 Å². The summed E-state index contributed by atoms with van der Waals surface area (Å²) in [6.07, 6.45) is 0. The van der Waals surface area contributed by atoms with Crippen molar-refractivity contribution < 1.29 is 14.3 Å². The number of hydrogen-bond donors (Lipinski definition) is 0. The number of carbonyl (C=O) groups is 2. The number of fused-ring (bicyclic) bond motifs is 3. The molecule has 10 heteroatoms. The van der Waals surface area contributed by atoms with Crippen LogP contribution in [-0.2, 0) is 9.53 Å². The number of aromatic nitrogens is 4. The smallest absolute Gasteiger partial charge is 0.378 e. The molecule has 0 saturated heterocycles. The Bertz CT molecular complexity index is 1400. The monoisotopic (exact) mass is 465 g/mol. The van der Waals surface area contributed by atoms with Crippen LogP contribution in [-0.4, -0.2) is 38.1 Å². The van der Waals surface area contributed by atoms with E-state index in [2.05, 4.69) is 15.1 Å². The van der Waals surface area contributed by atoms with E-state index in [1.165, 1.54) is 9.42 Å². The van der Waals surface area contributed by atoms with Crippen molar-refractivity contribution >= 4 is 52.4 Å². The molecule has 160 valence electrons. The molecule has 0 radical (unpaired) electrons. The first-order chi connectivity index (χ1) is 15.4. The van der Waals surface area contributed by atoms with Gasteiger partial charge in [0.25, 0.3) is 17.5 Å². The third kappa shape index (κ3) is 3.59. The lowest BCUT2D eigenvalue weighted by molar-refractivity contribution is -0.121. The van der Waals surface area contributed by atoms with Crippen LogP contribution >= 0.6 is 23.4 Å². The van der Waals surface area contributed by atoms with Crippen LogP contribution in [0.1, 0.15) is 22.0 Å². The second-order valence-corrected chi connectivity index (χ2v) is 8.69. The molecule has 4 aromatic rings. The highest BCUT2D eigenvalue weighted by Crippen LogP contribution is 2.48. The van der Waals surface area contributed by atoms with Crippen molar-refractivity contribution in [1.29, 1.82) is 0 Å². The molecule has 2 aromatic carbocycles. The Kier molecular flexibility index (Phi) is 5.07. The van der Waals surface area contributed by atoms with Gasteiger partial charge in [-0.1, -0.05) is 35.5 Å². The number of carbonyl (C=O) groups excluding carboxylic acids is 2. The molecule has 0 unspecified atom stereocenters. The highest BCUT2D eigenvalue weighted by atomic mass is 35.5. The van der Waals surface area contributed by atoms with E-state index in [9.17, 15) is 9.59 Å². The summed E-state index contributed by atoms with van der Waals surface area (Å²) in [5.74, 6) is -1.07. The van der Waals surface area contributed by atoms with Crippen molar-refractivity contribution in [2.45, 2.75) is 23.6 Å². The molecule has 8 nitrogen and oxygen atoms in total. The van der Waals surface area contributed by atoms with Gasteiger partial charge in [0.15, 0.2) is 6.61 Å². The number of nitrogens with zero attached hydrogens (tertiary/aromatic N) is 5. The van der Waals surface area contributed by atoms with E-state index in [-0.39, 0.29) is 5.82 Å². The highest BCUT2D eigenvalue weighted by Gasteiger charge is 2.29. The molecule has 0 saturated carbocycles. The molecule has 0 fully saturated rings. The summed E-state index contributed by atoms with van der Waals surface area (Å²) in [7, 11) is 0. The molecule has 1 aliphatic heterocycles. The fourth-order valence-electron chi connectivity index (χ4n) is 3.51. The van der Waals surface area contributed by atoms with E-state index >= 15 is 0 Å². The summed E-state index contributed by atoms with van der Waals surface area (Å²) in [5, 5.41) is 4.66. The van der Waals surface area contributed by atoms with Gasteiger partial charge in [-0.2, -0.15) is 4.98 Å². The maximum atomic E-state index is 13.2. The van der Waals surface area contributed by atoms with E-state index in [0.717, 1.165) is 21.2 Å². The van der Waals surface area contributed by atoms with Crippen molar-refractivity contribution in [2.75, 3.05) is 11.5 Å². The van der Waals surface area contributed by atoms with E-state index in [0.29, 0.717) is 22.2 Å². The zero-order chi connectivity index (χ0) is 22.4. The summed E-state index contributed by atoms with van der Waals surface area (Å²) >= 11 is 7.73. The van der Waals surface area contributed by atoms with Gasteiger partial charge in [0.2, 0.25) is 0 Å². The van der Waals surface area contributed by atoms with Crippen LogP contribution in [0, 0.1) is 13.8 Å². The van der Waals surface area contributed by atoms with Gasteiger partial charge in [-0.3, -0.25) is 9.69 Å². The van der Waals surface area contributed by atoms with Crippen molar-refractivity contribution in [2.24, 2.45) is 0 Å². The maximum Gasteiger partial charge on any atom is 0.378 e. The molecule has 1 amide bonds. The van der Waals surface area contributed by atoms with Crippen molar-refractivity contribution in [3.63, 3.8) is 0 Å². The lowest BCUT2D eigenvalue weighted by Gasteiger charge is -2.31. The summed E-state index contributed by atoms with van der Waals surface area (Å²) in [6.45, 7) is 3.19. The molecule has 0 aliphatic carbocycles. The Balaban J connectivity index is 1.40. The van der Waals surface area contributed by atoms with Gasteiger partial charge in [-0.25, -0.2) is 14.3 Å². The van der Waals surface area contributed by atoms with Crippen molar-refractivity contribution in [3.8, 4) is 0 Å². The predicted molar refractivity (Wildman–Crippen MR) is 120 cm³/mol. The number of amides is 1. The first kappa shape index (κ1) is 20.5. The minimum absolute atomic E-state index is 0.156. The third-order valence-corrected chi connectivity index (χ3v) is 6.23. The fraction of sp³-hybridized carbons (Fsp3) is 0.136. The van der Waals surface area contributed by atoms with Crippen LogP contribution in [0.2, 0.25) is 5.02 Å². The molecule has 2 aromatic heterocycles. The normalized spacial score (nSPS) is 12.4. The topological polar surface area (TPSA) is 89.7 Å². The Labute approximate surface area is 192 Å². The van der Waals surface area contributed by atoms with E-state index in [4.69, 9.17) is 16.3 Å². The lowest BCUT2D eigenvalue weighted by atomic mass is 10.2. The zero-order valence-electron chi connectivity index (χ0n) is 17.1. The molecule has 3 heterocycles. The average Bonchev–Trinajstić information content (AvgIpc) is 3.20. The second-order valence-electron chi connectivity index (χ2n) is 7.17. The maximum absolute atomic E-state index is 13.2. The van der Waals surface area contributed by atoms with Gasteiger partial charge in [0.1, 0.15) is 0 Å². The number of anilines is 2. The van der Waals surface area contributed by atoms with Crippen molar-refractivity contribution in [3.05, 3.63) is 70.8 Å². The summed E-state index contributed by atoms with van der Waals surface area (Å²) < 4.78 is 6.73. The molecular formula is C22H16ClN5O3S. The summed E-state index contributed by atoms with van der Waals surface area (Å²) in [4.78, 5) is 37.4. The van der Waals surface area contributed by atoms with E-state index in [1.807, 2.05) is 50.2 Å². The largest absolute Gasteiger partial charge is 0.450 e. The minimum Gasteiger partial charge on any atom is -0.450 e. The first-order valence-electron chi connectivity index (χ1n) is 9.68. The Morgan fingerprint density at radius 1 is 1.03 bits per heavy atom. The second kappa shape index (κ2) is 7.92. The number of esters is 1. The average molecular weight is 466 g/mol. The molecule has 1 aliphatic rings. The number of halogens is 1. The molecule has 0 spiro atoms. The molecular weight excluding hydrogens is 450 g/mol. The Hall–Kier alpha value is -3.43. The minimum atomic E-state index is -0.799. The SMILES string of the molecule is Cc1cc(C)n2nc(C(=O)OCC(=O)N3c4ccccc4Sc4ccc(Cl)cc43)nc2n1. The zero-order valence-corrected chi connectivity index (χ0v) is 18.6. The van der Waals surface area contributed by atoms with Gasteiger partial charge in [-0.15, -0.1) is 5.10 Å². The number of hydrogen-bond acceptors (Lipinski definition) is 7. The lowest BCUT2D eigenvalue weighted by Crippen LogP contribution is -2.32. The van der Waals surface area contributed by atoms with Crippen LogP contribution in [0.15, 0.2) is 58.3 Å². The Morgan fingerprint density at radius 3 is 2.66 bits per heavy atom.